The van der Waals surface area contributed by atoms with Gasteiger partial charge in [-0.05, 0) is 23.4 Å². The van der Waals surface area contributed by atoms with Crippen LogP contribution in [0.4, 0.5) is 0 Å². The minimum absolute atomic E-state index is 0.0206. The first-order valence-corrected chi connectivity index (χ1v) is 5.11. The third-order valence-electron chi connectivity index (χ3n) is 2.69. The Bertz CT molecular complexity index is 558. The summed E-state index contributed by atoms with van der Waals surface area (Å²) in [5.74, 6) is -1.29. The molecule has 0 aliphatic rings. The number of aryl methyl sites for hydroxylation is 1. The Balaban J connectivity index is 2.83. The third-order valence-corrected chi connectivity index (χ3v) is 2.69. The molecule has 0 atom stereocenters. The molecule has 0 amide bonds. The third kappa shape index (κ3) is 1.60. The molecule has 2 aromatic rings. The zero-order valence-electron chi connectivity index (χ0n) is 8.90. The van der Waals surface area contributed by atoms with Gasteiger partial charge in [0.25, 0.3) is 0 Å². The van der Waals surface area contributed by atoms with Gasteiger partial charge in [-0.15, -0.1) is 0 Å². The lowest BCUT2D eigenvalue weighted by molar-refractivity contribution is 0.0696. The van der Waals surface area contributed by atoms with Crippen LogP contribution in [0.2, 0.25) is 0 Å². The van der Waals surface area contributed by atoms with Crippen LogP contribution in [-0.4, -0.2) is 16.2 Å². The number of carbonyl (C=O) groups is 1. The number of rotatable bonds is 2. The molecule has 0 saturated heterocycles. The summed E-state index contributed by atoms with van der Waals surface area (Å²) < 4.78 is 0. The number of hydrogen-bond acceptors (Lipinski definition) is 2. The second-order valence-corrected chi connectivity index (χ2v) is 3.67. The van der Waals surface area contributed by atoms with E-state index in [0.29, 0.717) is 5.39 Å². The normalized spacial score (nSPS) is 10.6. The van der Waals surface area contributed by atoms with Crippen LogP contribution in [0.1, 0.15) is 22.8 Å². The van der Waals surface area contributed by atoms with E-state index >= 15 is 0 Å². The zero-order chi connectivity index (χ0) is 11.7. The van der Waals surface area contributed by atoms with Gasteiger partial charge in [0.05, 0.1) is 0 Å². The zero-order valence-corrected chi connectivity index (χ0v) is 8.90. The minimum atomic E-state index is -1.10. The number of hydrogen-bond donors (Lipinski definition) is 2. The lowest BCUT2D eigenvalue weighted by atomic mass is 10.00. The Labute approximate surface area is 93.0 Å². The summed E-state index contributed by atoms with van der Waals surface area (Å²) in [6.45, 7) is 2.00. The molecule has 2 N–H and O–H groups in total. The first-order valence-electron chi connectivity index (χ1n) is 5.11. The van der Waals surface area contributed by atoms with E-state index in [1.54, 1.807) is 6.07 Å². The van der Waals surface area contributed by atoms with Gasteiger partial charge in [0.15, 0.2) is 0 Å². The van der Waals surface area contributed by atoms with Gasteiger partial charge in [0.1, 0.15) is 11.3 Å². The number of carboxylic acids is 1. The summed E-state index contributed by atoms with van der Waals surface area (Å²) in [5.41, 5.74) is 1.04. The van der Waals surface area contributed by atoms with E-state index < -0.39 is 5.97 Å². The highest BCUT2D eigenvalue weighted by Gasteiger charge is 2.13. The fraction of sp³-hybridized carbons (Fsp3) is 0.154. The Hall–Kier alpha value is -2.03. The van der Waals surface area contributed by atoms with Crippen LogP contribution >= 0.6 is 0 Å². The molecular weight excluding hydrogens is 204 g/mol. The molecule has 3 heteroatoms. The molecule has 0 radical (unpaired) electrons. The Kier molecular flexibility index (Phi) is 2.52. The standard InChI is InChI=1S/C13H12O3/c1-2-8-3-4-9-5-6-11(14)12(13(15)16)10(9)7-8/h3-7,14H,2H2,1H3,(H,15,16). The number of phenols is 1. The van der Waals surface area contributed by atoms with Gasteiger partial charge in [-0.1, -0.05) is 31.2 Å². The van der Waals surface area contributed by atoms with Crippen LogP contribution in [0.15, 0.2) is 30.3 Å². The van der Waals surface area contributed by atoms with Crippen molar-refractivity contribution in [3.05, 3.63) is 41.5 Å². The number of benzene rings is 2. The van der Waals surface area contributed by atoms with Crippen molar-refractivity contribution in [1.29, 1.82) is 0 Å². The SMILES string of the molecule is CCc1ccc2ccc(O)c(C(=O)O)c2c1. The molecule has 0 aromatic heterocycles. The van der Waals surface area contributed by atoms with E-state index in [4.69, 9.17) is 5.11 Å². The first-order chi connectivity index (χ1) is 7.63. The molecule has 0 aliphatic heterocycles. The van der Waals surface area contributed by atoms with Gasteiger partial charge in [0.2, 0.25) is 0 Å². The predicted octanol–water partition coefficient (Wildman–Crippen LogP) is 2.81. The molecule has 2 aromatic carbocycles. The van der Waals surface area contributed by atoms with Crippen molar-refractivity contribution in [2.24, 2.45) is 0 Å². The monoisotopic (exact) mass is 216 g/mol. The van der Waals surface area contributed by atoms with Crippen molar-refractivity contribution >= 4 is 16.7 Å². The van der Waals surface area contributed by atoms with E-state index in [-0.39, 0.29) is 11.3 Å². The van der Waals surface area contributed by atoms with Gasteiger partial charge in [-0.25, -0.2) is 4.79 Å². The van der Waals surface area contributed by atoms with Crippen LogP contribution in [-0.2, 0) is 6.42 Å². The van der Waals surface area contributed by atoms with E-state index in [1.807, 2.05) is 25.1 Å². The number of aromatic hydroxyl groups is 1. The van der Waals surface area contributed by atoms with Crippen molar-refractivity contribution in [2.45, 2.75) is 13.3 Å². The first kappa shape index (κ1) is 10.5. The fourth-order valence-corrected chi connectivity index (χ4v) is 1.80. The van der Waals surface area contributed by atoms with Gasteiger partial charge >= 0.3 is 5.97 Å². The molecule has 82 valence electrons. The highest BCUT2D eigenvalue weighted by molar-refractivity contribution is 6.06. The topological polar surface area (TPSA) is 57.5 Å². The molecule has 2 rings (SSSR count). The van der Waals surface area contributed by atoms with E-state index in [9.17, 15) is 9.90 Å². The molecule has 0 spiro atoms. The second-order valence-electron chi connectivity index (χ2n) is 3.67. The van der Waals surface area contributed by atoms with Crippen LogP contribution < -0.4 is 0 Å². The molecule has 0 aliphatic carbocycles. The van der Waals surface area contributed by atoms with Crippen LogP contribution in [0.5, 0.6) is 5.75 Å². The number of aromatic carboxylic acids is 1. The summed E-state index contributed by atoms with van der Waals surface area (Å²) in [7, 11) is 0. The lowest BCUT2D eigenvalue weighted by Gasteiger charge is -2.06. The molecule has 0 heterocycles. The fourth-order valence-electron chi connectivity index (χ4n) is 1.80. The molecule has 0 saturated carbocycles. The summed E-state index contributed by atoms with van der Waals surface area (Å²) in [6, 6.07) is 8.79. The average molecular weight is 216 g/mol. The smallest absolute Gasteiger partial charge is 0.340 e. The summed E-state index contributed by atoms with van der Waals surface area (Å²) in [6.07, 6.45) is 0.838. The van der Waals surface area contributed by atoms with Crippen molar-refractivity contribution in [1.82, 2.24) is 0 Å². The summed E-state index contributed by atoms with van der Waals surface area (Å²) in [4.78, 5) is 11.1. The quantitative estimate of drug-likeness (QED) is 0.811. The van der Waals surface area contributed by atoms with Gasteiger partial charge in [-0.2, -0.15) is 0 Å². The molecule has 0 bridgehead atoms. The van der Waals surface area contributed by atoms with E-state index in [0.717, 1.165) is 17.4 Å². The Morgan fingerprint density at radius 1 is 1.25 bits per heavy atom. The van der Waals surface area contributed by atoms with Crippen LogP contribution in [0.3, 0.4) is 0 Å². The highest BCUT2D eigenvalue weighted by atomic mass is 16.4. The predicted molar refractivity (Wildman–Crippen MR) is 62.0 cm³/mol. The van der Waals surface area contributed by atoms with Crippen LogP contribution in [0.25, 0.3) is 10.8 Å². The van der Waals surface area contributed by atoms with E-state index in [1.165, 1.54) is 6.07 Å². The molecular formula is C13H12O3. The maximum atomic E-state index is 11.1. The average Bonchev–Trinajstić information content (AvgIpc) is 2.27. The van der Waals surface area contributed by atoms with E-state index in [2.05, 4.69) is 0 Å². The highest BCUT2D eigenvalue weighted by Crippen LogP contribution is 2.28. The Morgan fingerprint density at radius 3 is 2.56 bits per heavy atom. The van der Waals surface area contributed by atoms with Crippen LogP contribution in [0, 0.1) is 0 Å². The van der Waals surface area contributed by atoms with Gasteiger partial charge < -0.3 is 10.2 Å². The van der Waals surface area contributed by atoms with Gasteiger partial charge in [0, 0.05) is 5.39 Å². The molecule has 16 heavy (non-hydrogen) atoms. The van der Waals surface area contributed by atoms with Crippen molar-refractivity contribution in [3.8, 4) is 5.75 Å². The molecule has 3 nitrogen and oxygen atoms in total. The second kappa shape index (κ2) is 3.85. The van der Waals surface area contributed by atoms with Crippen molar-refractivity contribution < 1.29 is 15.0 Å². The maximum Gasteiger partial charge on any atom is 0.340 e. The lowest BCUT2D eigenvalue weighted by Crippen LogP contribution is -1.98. The van der Waals surface area contributed by atoms with Crippen molar-refractivity contribution in [2.75, 3.05) is 0 Å². The Morgan fingerprint density at radius 2 is 1.94 bits per heavy atom. The molecule has 0 unspecified atom stereocenters. The van der Waals surface area contributed by atoms with Crippen molar-refractivity contribution in [3.63, 3.8) is 0 Å². The number of carboxylic acid groups (broad SMARTS) is 1. The largest absolute Gasteiger partial charge is 0.507 e. The minimum Gasteiger partial charge on any atom is -0.507 e. The molecule has 0 fully saturated rings. The maximum absolute atomic E-state index is 11.1. The number of fused-ring (bicyclic) bond motifs is 1. The summed E-state index contributed by atoms with van der Waals surface area (Å²) >= 11 is 0. The summed E-state index contributed by atoms with van der Waals surface area (Å²) in [5, 5.41) is 20.0. The van der Waals surface area contributed by atoms with Gasteiger partial charge in [-0.3, -0.25) is 0 Å².